The number of nitrogens with zero attached hydrogens (tertiary/aromatic N) is 2. The maximum Gasteiger partial charge on any atom is 0.259 e. The van der Waals surface area contributed by atoms with Gasteiger partial charge in [0.25, 0.3) is 5.56 Å². The average Bonchev–Trinajstić information content (AvgIpc) is 3.02. The summed E-state index contributed by atoms with van der Waals surface area (Å²) in [6.07, 6.45) is 0. The van der Waals surface area contributed by atoms with Crippen LogP contribution in [0.15, 0.2) is 16.2 Å². The van der Waals surface area contributed by atoms with Crippen LogP contribution in [0, 0.1) is 20.8 Å². The molecule has 1 atom stereocenters. The van der Waals surface area contributed by atoms with Gasteiger partial charge in [0.1, 0.15) is 10.7 Å². The van der Waals surface area contributed by atoms with Crippen LogP contribution in [-0.2, 0) is 6.54 Å². The van der Waals surface area contributed by atoms with Crippen molar-refractivity contribution in [2.75, 3.05) is 7.05 Å². The van der Waals surface area contributed by atoms with Crippen LogP contribution in [0.3, 0.4) is 0 Å². The van der Waals surface area contributed by atoms with E-state index in [9.17, 15) is 4.79 Å². The Bertz CT molecular complexity index is 906. The maximum atomic E-state index is 12.4. The monoisotopic (exact) mass is 347 g/mol. The first kappa shape index (κ1) is 16.4. The molecule has 0 aliphatic rings. The summed E-state index contributed by atoms with van der Waals surface area (Å²) in [5, 5.41) is 2.85. The molecule has 23 heavy (non-hydrogen) atoms. The number of aryl methyl sites for hydroxylation is 3. The Morgan fingerprint density at radius 2 is 2.09 bits per heavy atom. The molecule has 3 aromatic heterocycles. The molecule has 3 heterocycles. The number of thiophene rings is 2. The van der Waals surface area contributed by atoms with Crippen LogP contribution in [0.2, 0.25) is 0 Å². The van der Waals surface area contributed by atoms with Crippen LogP contribution in [0.1, 0.15) is 39.7 Å². The van der Waals surface area contributed by atoms with Crippen LogP contribution in [0.25, 0.3) is 10.2 Å². The van der Waals surface area contributed by atoms with Crippen molar-refractivity contribution in [3.05, 3.63) is 48.5 Å². The van der Waals surface area contributed by atoms with Gasteiger partial charge in [-0.2, -0.15) is 0 Å². The van der Waals surface area contributed by atoms with Crippen LogP contribution >= 0.6 is 22.7 Å². The number of aromatic nitrogens is 2. The van der Waals surface area contributed by atoms with Crippen molar-refractivity contribution in [1.29, 1.82) is 0 Å². The van der Waals surface area contributed by atoms with E-state index in [1.54, 1.807) is 22.7 Å². The van der Waals surface area contributed by atoms with Gasteiger partial charge >= 0.3 is 0 Å². The minimum Gasteiger partial charge on any atom is -0.309 e. The highest BCUT2D eigenvalue weighted by Crippen LogP contribution is 2.28. The van der Waals surface area contributed by atoms with Crippen molar-refractivity contribution in [3.63, 3.8) is 0 Å². The van der Waals surface area contributed by atoms with Crippen molar-refractivity contribution >= 4 is 32.9 Å². The molecular weight excluding hydrogens is 326 g/mol. The average molecular weight is 348 g/mol. The Labute approximate surface area is 143 Å². The van der Waals surface area contributed by atoms with Gasteiger partial charge in [-0.05, 0) is 57.3 Å². The predicted molar refractivity (Wildman–Crippen MR) is 98.7 cm³/mol. The minimum absolute atomic E-state index is 0.0283. The summed E-state index contributed by atoms with van der Waals surface area (Å²) in [4.78, 5) is 25.7. The van der Waals surface area contributed by atoms with Crippen LogP contribution in [0.5, 0.6) is 0 Å². The molecule has 0 aliphatic heterocycles. The maximum absolute atomic E-state index is 12.4. The number of hydrogen-bond donors (Lipinski definition) is 1. The first-order valence-corrected chi connectivity index (χ1v) is 9.31. The fourth-order valence-corrected chi connectivity index (χ4v) is 4.61. The van der Waals surface area contributed by atoms with E-state index in [0.717, 1.165) is 33.0 Å². The molecular formula is C17H21N3OS2. The molecule has 122 valence electrons. The van der Waals surface area contributed by atoms with Gasteiger partial charge in [-0.15, -0.1) is 22.7 Å². The number of hydrogen-bond acceptors (Lipinski definition) is 5. The number of nitrogens with one attached hydrogen (secondary N) is 1. The lowest BCUT2D eigenvalue weighted by Crippen LogP contribution is -2.25. The molecule has 0 radical (unpaired) electrons. The van der Waals surface area contributed by atoms with E-state index in [2.05, 4.69) is 42.2 Å². The number of H-pyrrole nitrogens is 1. The molecule has 0 spiro atoms. The molecule has 0 saturated carbocycles. The first-order chi connectivity index (χ1) is 10.9. The fraction of sp³-hybridized carbons (Fsp3) is 0.412. The van der Waals surface area contributed by atoms with Gasteiger partial charge in [0, 0.05) is 16.3 Å². The Morgan fingerprint density at radius 3 is 2.74 bits per heavy atom. The summed E-state index contributed by atoms with van der Waals surface area (Å²) in [5.74, 6) is 0.737. The number of fused-ring (bicyclic) bond motifs is 1. The molecule has 4 nitrogen and oxygen atoms in total. The topological polar surface area (TPSA) is 49.0 Å². The van der Waals surface area contributed by atoms with Crippen molar-refractivity contribution < 1.29 is 0 Å². The molecule has 0 fully saturated rings. The highest BCUT2D eigenvalue weighted by molar-refractivity contribution is 7.18. The number of rotatable bonds is 4. The fourth-order valence-electron chi connectivity index (χ4n) is 2.61. The van der Waals surface area contributed by atoms with E-state index >= 15 is 0 Å². The van der Waals surface area contributed by atoms with Crippen LogP contribution in [-0.4, -0.2) is 21.9 Å². The van der Waals surface area contributed by atoms with Crippen molar-refractivity contribution in [2.24, 2.45) is 0 Å². The second kappa shape index (κ2) is 6.19. The van der Waals surface area contributed by atoms with Gasteiger partial charge in [0.2, 0.25) is 0 Å². The zero-order valence-corrected chi connectivity index (χ0v) is 15.7. The van der Waals surface area contributed by atoms with Gasteiger partial charge in [-0.1, -0.05) is 0 Å². The summed E-state index contributed by atoms with van der Waals surface area (Å²) in [6.45, 7) is 9.10. The normalized spacial score (nSPS) is 13.1. The quantitative estimate of drug-likeness (QED) is 0.771. The molecule has 0 unspecified atom stereocenters. The molecule has 0 bridgehead atoms. The third-order valence-electron chi connectivity index (χ3n) is 4.48. The lowest BCUT2D eigenvalue weighted by Gasteiger charge is -2.23. The van der Waals surface area contributed by atoms with Crippen LogP contribution in [0.4, 0.5) is 0 Å². The first-order valence-electron chi connectivity index (χ1n) is 7.61. The van der Waals surface area contributed by atoms with E-state index in [4.69, 9.17) is 4.98 Å². The van der Waals surface area contributed by atoms with E-state index < -0.39 is 0 Å². The molecule has 3 rings (SSSR count). The van der Waals surface area contributed by atoms with Crippen LogP contribution < -0.4 is 5.56 Å². The largest absolute Gasteiger partial charge is 0.309 e. The lowest BCUT2D eigenvalue weighted by molar-refractivity contribution is 0.245. The third kappa shape index (κ3) is 2.98. The molecule has 6 heteroatoms. The van der Waals surface area contributed by atoms with Gasteiger partial charge in [-0.25, -0.2) is 4.98 Å². The summed E-state index contributed by atoms with van der Waals surface area (Å²) >= 11 is 3.37. The summed E-state index contributed by atoms with van der Waals surface area (Å²) in [6, 6.07) is 2.19. The molecule has 0 aromatic carbocycles. The van der Waals surface area contributed by atoms with Gasteiger partial charge in [0.15, 0.2) is 0 Å². The molecule has 0 amide bonds. The van der Waals surface area contributed by atoms with E-state index in [1.165, 1.54) is 10.4 Å². The lowest BCUT2D eigenvalue weighted by atomic mass is 10.2. The summed E-state index contributed by atoms with van der Waals surface area (Å²) in [5.41, 5.74) is 2.33. The second-order valence-corrected chi connectivity index (χ2v) is 8.24. The van der Waals surface area contributed by atoms with E-state index in [1.807, 2.05) is 13.8 Å². The Kier molecular flexibility index (Phi) is 4.40. The van der Waals surface area contributed by atoms with Crippen molar-refractivity contribution in [1.82, 2.24) is 14.9 Å². The highest BCUT2D eigenvalue weighted by atomic mass is 32.1. The minimum atomic E-state index is -0.0283. The zero-order valence-electron chi connectivity index (χ0n) is 14.1. The molecule has 1 N–H and O–H groups in total. The third-order valence-corrected chi connectivity index (χ3v) is 6.58. The number of aromatic amines is 1. The zero-order chi connectivity index (χ0) is 16.7. The predicted octanol–water partition coefficient (Wildman–Crippen LogP) is 4.16. The Balaban J connectivity index is 1.93. The van der Waals surface area contributed by atoms with Crippen molar-refractivity contribution in [3.8, 4) is 0 Å². The standard InChI is InChI=1S/C17H21N3OS2/c1-9-6-7-22-13(9)8-20(5)11(3)15-18-16(21)14-10(2)12(4)23-17(14)19-15/h6-7,11H,8H2,1-5H3,(H,18,19,21)/t11-/m0/s1. The van der Waals surface area contributed by atoms with E-state index in [0.29, 0.717) is 0 Å². The van der Waals surface area contributed by atoms with Gasteiger partial charge in [0.05, 0.1) is 11.4 Å². The molecule has 0 aliphatic carbocycles. The summed E-state index contributed by atoms with van der Waals surface area (Å²) < 4.78 is 0. The Hall–Kier alpha value is -1.50. The second-order valence-electron chi connectivity index (χ2n) is 6.03. The highest BCUT2D eigenvalue weighted by Gasteiger charge is 2.19. The molecule has 3 aromatic rings. The molecule has 0 saturated heterocycles. The van der Waals surface area contributed by atoms with Gasteiger partial charge < -0.3 is 4.98 Å². The van der Waals surface area contributed by atoms with Crippen molar-refractivity contribution in [2.45, 2.75) is 40.3 Å². The Morgan fingerprint density at radius 1 is 1.35 bits per heavy atom. The SMILES string of the molecule is Cc1ccsc1CN(C)[C@@H](C)c1nc2sc(C)c(C)c2c(=O)[nH]1. The summed E-state index contributed by atoms with van der Waals surface area (Å²) in [7, 11) is 2.07. The van der Waals surface area contributed by atoms with Gasteiger partial charge in [-0.3, -0.25) is 9.69 Å². The smallest absolute Gasteiger partial charge is 0.259 e. The van der Waals surface area contributed by atoms with E-state index in [-0.39, 0.29) is 11.6 Å².